The average molecular weight is 419 g/mol. The molecule has 0 bridgehead atoms. The highest BCUT2D eigenvalue weighted by Crippen LogP contribution is 2.23. The first kappa shape index (κ1) is 21.1. The van der Waals surface area contributed by atoms with Crippen molar-refractivity contribution in [1.82, 2.24) is 9.97 Å². The third-order valence-corrected chi connectivity index (χ3v) is 4.51. The smallest absolute Gasteiger partial charge is 0.339 e. The average Bonchev–Trinajstić information content (AvgIpc) is 2.78. The molecule has 9 nitrogen and oxygen atoms in total. The molecule has 0 aliphatic heterocycles. The van der Waals surface area contributed by atoms with E-state index in [1.54, 1.807) is 12.3 Å². The lowest BCUT2D eigenvalue weighted by Gasteiger charge is -2.06. The molecule has 31 heavy (non-hydrogen) atoms. The van der Waals surface area contributed by atoms with E-state index in [9.17, 15) is 14.4 Å². The molecule has 0 spiro atoms. The van der Waals surface area contributed by atoms with Crippen LogP contribution < -0.4 is 20.3 Å². The lowest BCUT2D eigenvalue weighted by molar-refractivity contribution is 0.0693. The Balaban J connectivity index is 0.000000176. The quantitative estimate of drug-likeness (QED) is 0.463. The minimum atomic E-state index is -1.12. The number of nitriles is 1. The standard InChI is InChI=1S/C11H8N2O2.C11H9NO4/c1-15-11-5-9-8(4-7(11)6-12)10(14)2-3-13-9;1-16-10-5-8-6(4-7(10)11(14)15)9(13)2-3-12-8/h2-5H,1H3,(H,13,14);2-5H,1H3,(H,12,13)(H,14,15). The Bertz CT molecular complexity index is 1450. The number of aromatic carboxylic acids is 1. The largest absolute Gasteiger partial charge is 0.496 e. The van der Waals surface area contributed by atoms with Gasteiger partial charge >= 0.3 is 5.97 Å². The summed E-state index contributed by atoms with van der Waals surface area (Å²) in [6.07, 6.45) is 3.07. The van der Waals surface area contributed by atoms with Gasteiger partial charge in [-0.05, 0) is 12.1 Å². The van der Waals surface area contributed by atoms with Crippen LogP contribution in [0.15, 0.2) is 58.4 Å². The molecule has 2 aromatic heterocycles. The van der Waals surface area contributed by atoms with Crippen molar-refractivity contribution >= 4 is 27.8 Å². The number of aromatic nitrogens is 2. The molecular weight excluding hydrogens is 402 g/mol. The van der Waals surface area contributed by atoms with Crippen LogP contribution in [0.2, 0.25) is 0 Å². The zero-order valence-electron chi connectivity index (χ0n) is 16.6. The molecule has 156 valence electrons. The van der Waals surface area contributed by atoms with E-state index in [-0.39, 0.29) is 22.2 Å². The minimum Gasteiger partial charge on any atom is -0.496 e. The second-order valence-electron chi connectivity index (χ2n) is 6.30. The molecule has 0 unspecified atom stereocenters. The van der Waals surface area contributed by atoms with Crippen LogP contribution in [-0.2, 0) is 0 Å². The molecule has 3 N–H and O–H groups in total. The second-order valence-corrected chi connectivity index (χ2v) is 6.30. The Morgan fingerprint density at radius 2 is 1.42 bits per heavy atom. The molecule has 0 saturated heterocycles. The Hall–Kier alpha value is -4.58. The number of carboxylic acid groups (broad SMARTS) is 1. The van der Waals surface area contributed by atoms with Crippen molar-refractivity contribution in [2.75, 3.05) is 14.2 Å². The fourth-order valence-corrected chi connectivity index (χ4v) is 2.99. The fourth-order valence-electron chi connectivity index (χ4n) is 2.99. The number of carbonyl (C=O) groups is 1. The van der Waals surface area contributed by atoms with Gasteiger partial charge in [0.1, 0.15) is 23.1 Å². The number of benzene rings is 2. The lowest BCUT2D eigenvalue weighted by Crippen LogP contribution is -2.05. The molecule has 0 saturated carbocycles. The summed E-state index contributed by atoms with van der Waals surface area (Å²) in [7, 11) is 2.87. The third-order valence-electron chi connectivity index (χ3n) is 4.51. The fraction of sp³-hybridized carbons (Fsp3) is 0.0909. The highest BCUT2D eigenvalue weighted by Gasteiger charge is 2.13. The van der Waals surface area contributed by atoms with E-state index < -0.39 is 5.97 Å². The van der Waals surface area contributed by atoms with Gasteiger partial charge in [-0.25, -0.2) is 4.79 Å². The van der Waals surface area contributed by atoms with E-state index in [0.717, 1.165) is 0 Å². The van der Waals surface area contributed by atoms with Gasteiger partial charge in [-0.1, -0.05) is 0 Å². The van der Waals surface area contributed by atoms with Crippen LogP contribution in [0.4, 0.5) is 0 Å². The second kappa shape index (κ2) is 8.84. The van der Waals surface area contributed by atoms with Gasteiger partial charge in [0.25, 0.3) is 0 Å². The SMILES string of the molecule is COc1cc2[nH]ccc(=O)c2cc1C#N.COc1cc2[nH]ccc(=O)c2cc1C(=O)O. The van der Waals surface area contributed by atoms with E-state index in [1.807, 2.05) is 6.07 Å². The van der Waals surface area contributed by atoms with E-state index in [1.165, 1.54) is 50.7 Å². The highest BCUT2D eigenvalue weighted by atomic mass is 16.5. The van der Waals surface area contributed by atoms with Crippen molar-refractivity contribution in [2.24, 2.45) is 0 Å². The predicted octanol–water partition coefficient (Wildman–Crippen LogP) is 2.64. The van der Waals surface area contributed by atoms with Gasteiger partial charge in [-0.3, -0.25) is 9.59 Å². The molecule has 2 aromatic carbocycles. The summed E-state index contributed by atoms with van der Waals surface area (Å²) in [4.78, 5) is 39.7. The van der Waals surface area contributed by atoms with Gasteiger partial charge in [-0.15, -0.1) is 0 Å². The number of nitrogens with one attached hydrogen (secondary N) is 2. The number of ether oxygens (including phenoxy) is 2. The minimum absolute atomic E-state index is 0.0216. The molecule has 2 heterocycles. The maximum absolute atomic E-state index is 11.5. The third kappa shape index (κ3) is 4.23. The normalized spacial score (nSPS) is 10.1. The number of hydrogen-bond acceptors (Lipinski definition) is 6. The number of hydrogen-bond donors (Lipinski definition) is 3. The number of pyridine rings is 2. The summed E-state index contributed by atoms with van der Waals surface area (Å²) < 4.78 is 9.99. The summed E-state index contributed by atoms with van der Waals surface area (Å²) in [5.74, 6) is -0.435. The van der Waals surface area contributed by atoms with Gasteiger partial charge in [0.05, 0.1) is 30.8 Å². The first-order valence-electron chi connectivity index (χ1n) is 8.92. The summed E-state index contributed by atoms with van der Waals surface area (Å²) in [5.41, 5.74) is 1.22. The molecule has 4 rings (SSSR count). The van der Waals surface area contributed by atoms with Crippen LogP contribution in [0, 0.1) is 11.3 Å². The Morgan fingerprint density at radius 3 is 1.90 bits per heavy atom. The molecular formula is C22H17N3O6. The van der Waals surface area contributed by atoms with E-state index in [4.69, 9.17) is 19.8 Å². The zero-order chi connectivity index (χ0) is 22.5. The topological polar surface area (TPSA) is 145 Å². The van der Waals surface area contributed by atoms with Crippen LogP contribution in [0.25, 0.3) is 21.8 Å². The monoisotopic (exact) mass is 419 g/mol. The van der Waals surface area contributed by atoms with Crippen LogP contribution >= 0.6 is 0 Å². The Kier molecular flexibility index (Phi) is 6.02. The maximum Gasteiger partial charge on any atom is 0.339 e. The van der Waals surface area contributed by atoms with Crippen molar-refractivity contribution in [3.63, 3.8) is 0 Å². The van der Waals surface area contributed by atoms with E-state index >= 15 is 0 Å². The van der Waals surface area contributed by atoms with Crippen molar-refractivity contribution in [3.8, 4) is 17.6 Å². The first-order valence-corrected chi connectivity index (χ1v) is 8.92. The Labute approximate surface area is 175 Å². The predicted molar refractivity (Wildman–Crippen MR) is 114 cm³/mol. The molecule has 0 radical (unpaired) electrons. The van der Waals surface area contributed by atoms with Crippen molar-refractivity contribution in [3.05, 3.63) is 80.4 Å². The van der Waals surface area contributed by atoms with E-state index in [2.05, 4.69) is 9.97 Å². The molecule has 0 fully saturated rings. The van der Waals surface area contributed by atoms with Gasteiger partial charge in [0.15, 0.2) is 10.9 Å². The van der Waals surface area contributed by atoms with Gasteiger partial charge in [0.2, 0.25) is 0 Å². The van der Waals surface area contributed by atoms with Crippen LogP contribution in [0.3, 0.4) is 0 Å². The highest BCUT2D eigenvalue weighted by molar-refractivity contribution is 5.96. The van der Waals surface area contributed by atoms with Crippen molar-refractivity contribution in [1.29, 1.82) is 5.26 Å². The number of methoxy groups -OCH3 is 2. The maximum atomic E-state index is 11.5. The van der Waals surface area contributed by atoms with Crippen LogP contribution in [-0.4, -0.2) is 35.3 Å². The van der Waals surface area contributed by atoms with Crippen molar-refractivity contribution < 1.29 is 19.4 Å². The summed E-state index contributed by atoms with van der Waals surface area (Å²) in [5, 5.41) is 18.6. The zero-order valence-corrected chi connectivity index (χ0v) is 16.6. The van der Waals surface area contributed by atoms with Gasteiger partial charge in [0, 0.05) is 47.4 Å². The number of rotatable bonds is 3. The van der Waals surface area contributed by atoms with Crippen LogP contribution in [0.5, 0.6) is 11.5 Å². The first-order chi connectivity index (χ1) is 14.9. The molecule has 0 aliphatic rings. The number of carboxylic acids is 1. The molecule has 9 heteroatoms. The molecule has 0 atom stereocenters. The number of fused-ring (bicyclic) bond motifs is 2. The number of nitrogens with zero attached hydrogens (tertiary/aromatic N) is 1. The molecule has 0 aliphatic carbocycles. The molecule has 0 amide bonds. The van der Waals surface area contributed by atoms with E-state index in [0.29, 0.717) is 33.1 Å². The molecule has 4 aromatic rings. The van der Waals surface area contributed by atoms with Gasteiger partial charge in [-0.2, -0.15) is 5.26 Å². The number of aromatic amines is 2. The Morgan fingerprint density at radius 1 is 0.903 bits per heavy atom. The van der Waals surface area contributed by atoms with Crippen molar-refractivity contribution in [2.45, 2.75) is 0 Å². The van der Waals surface area contributed by atoms with Gasteiger partial charge < -0.3 is 24.5 Å². The summed E-state index contributed by atoms with van der Waals surface area (Å²) in [6.45, 7) is 0. The number of H-pyrrole nitrogens is 2. The van der Waals surface area contributed by atoms with Crippen LogP contribution in [0.1, 0.15) is 15.9 Å². The summed E-state index contributed by atoms with van der Waals surface area (Å²) in [6, 6.07) is 10.8. The summed E-state index contributed by atoms with van der Waals surface area (Å²) >= 11 is 0. The lowest BCUT2D eigenvalue weighted by atomic mass is 10.1.